The number of nitrogens with zero attached hydrogens (tertiary/aromatic N) is 1. The number of ether oxygens (including phenoxy) is 1. The van der Waals surface area contributed by atoms with Crippen LogP contribution in [-0.2, 0) is 27.2 Å². The Morgan fingerprint density at radius 2 is 2.28 bits per heavy atom. The average molecular weight is 344 g/mol. The van der Waals surface area contributed by atoms with E-state index in [0.717, 1.165) is 63.1 Å². The fraction of sp³-hybridized carbons (Fsp3) is 0.600. The number of rotatable bonds is 7. The third-order valence-electron chi connectivity index (χ3n) is 4.94. The van der Waals surface area contributed by atoms with Gasteiger partial charge in [0, 0.05) is 31.8 Å². The molecule has 1 N–H and O–H groups in total. The fourth-order valence-electron chi connectivity index (χ4n) is 3.63. The molecule has 1 atom stereocenters. The van der Waals surface area contributed by atoms with Crippen LogP contribution >= 0.6 is 0 Å². The standard InChI is InChI=1S/C20H28N2O3/c1-2-11-25-17-6-4-10-22(14-17)20(24)7-3-5-15-8-9-18-16(12-15)13-19(23)21-18/h8-9,12,17H,2-7,10-11,13-14H2,1H3,(H,21,23)/t17-/m0/s1. The molecule has 1 aromatic rings. The van der Waals surface area contributed by atoms with Crippen LogP contribution in [0, 0.1) is 0 Å². The van der Waals surface area contributed by atoms with Crippen molar-refractivity contribution in [3.05, 3.63) is 29.3 Å². The largest absolute Gasteiger partial charge is 0.376 e. The number of anilines is 1. The normalized spacial score (nSPS) is 19.6. The van der Waals surface area contributed by atoms with Crippen molar-refractivity contribution in [3.63, 3.8) is 0 Å². The lowest BCUT2D eigenvalue weighted by Crippen LogP contribution is -2.43. The molecule has 2 heterocycles. The summed E-state index contributed by atoms with van der Waals surface area (Å²) in [5.41, 5.74) is 3.20. The number of benzene rings is 1. The van der Waals surface area contributed by atoms with Crippen molar-refractivity contribution in [2.75, 3.05) is 25.0 Å². The second-order valence-electron chi connectivity index (χ2n) is 7.04. The van der Waals surface area contributed by atoms with Crippen LogP contribution in [0.5, 0.6) is 0 Å². The Morgan fingerprint density at radius 3 is 3.12 bits per heavy atom. The molecule has 0 saturated carbocycles. The lowest BCUT2D eigenvalue weighted by Gasteiger charge is -2.32. The molecule has 136 valence electrons. The molecule has 1 saturated heterocycles. The van der Waals surface area contributed by atoms with E-state index in [1.807, 2.05) is 17.0 Å². The molecule has 0 aromatic heterocycles. The van der Waals surface area contributed by atoms with E-state index >= 15 is 0 Å². The minimum Gasteiger partial charge on any atom is -0.376 e. The summed E-state index contributed by atoms with van der Waals surface area (Å²) in [5, 5.41) is 2.85. The Morgan fingerprint density at radius 1 is 1.40 bits per heavy atom. The summed E-state index contributed by atoms with van der Waals surface area (Å²) in [7, 11) is 0. The first-order valence-corrected chi connectivity index (χ1v) is 9.46. The summed E-state index contributed by atoms with van der Waals surface area (Å²) < 4.78 is 5.81. The van der Waals surface area contributed by atoms with Gasteiger partial charge in [0.05, 0.1) is 12.5 Å². The Bertz CT molecular complexity index is 629. The van der Waals surface area contributed by atoms with Crippen molar-refractivity contribution in [2.24, 2.45) is 0 Å². The first-order valence-electron chi connectivity index (χ1n) is 9.46. The Balaban J connectivity index is 1.43. The average Bonchev–Trinajstić information content (AvgIpc) is 2.99. The Labute approximate surface area is 149 Å². The van der Waals surface area contributed by atoms with Gasteiger partial charge >= 0.3 is 0 Å². The van der Waals surface area contributed by atoms with Crippen LogP contribution in [0.2, 0.25) is 0 Å². The SMILES string of the molecule is CCCO[C@H]1CCCN(C(=O)CCCc2ccc3c(c2)CC(=O)N3)C1. The van der Waals surface area contributed by atoms with Crippen molar-refractivity contribution in [1.29, 1.82) is 0 Å². The van der Waals surface area contributed by atoms with Crippen molar-refractivity contribution in [3.8, 4) is 0 Å². The molecule has 0 unspecified atom stereocenters. The summed E-state index contributed by atoms with van der Waals surface area (Å²) in [4.78, 5) is 25.8. The van der Waals surface area contributed by atoms with Gasteiger partial charge < -0.3 is 15.0 Å². The van der Waals surface area contributed by atoms with Gasteiger partial charge in [0.2, 0.25) is 11.8 Å². The zero-order valence-electron chi connectivity index (χ0n) is 15.1. The predicted octanol–water partition coefficient (Wildman–Crippen LogP) is 2.92. The third-order valence-corrected chi connectivity index (χ3v) is 4.94. The third kappa shape index (κ3) is 4.82. The van der Waals surface area contributed by atoms with Gasteiger partial charge in [-0.25, -0.2) is 0 Å². The van der Waals surface area contributed by atoms with Crippen LogP contribution in [0.25, 0.3) is 0 Å². The highest BCUT2D eigenvalue weighted by Crippen LogP contribution is 2.24. The Hall–Kier alpha value is -1.88. The van der Waals surface area contributed by atoms with Gasteiger partial charge in [0.25, 0.3) is 0 Å². The summed E-state index contributed by atoms with van der Waals surface area (Å²) in [6.07, 6.45) is 6.08. The zero-order valence-corrected chi connectivity index (χ0v) is 15.1. The topological polar surface area (TPSA) is 58.6 Å². The number of carbonyl (C=O) groups excluding carboxylic acids is 2. The molecule has 3 rings (SSSR count). The smallest absolute Gasteiger partial charge is 0.228 e. The molecule has 25 heavy (non-hydrogen) atoms. The quantitative estimate of drug-likeness (QED) is 0.827. The molecule has 2 amide bonds. The van der Waals surface area contributed by atoms with Crippen LogP contribution in [0.4, 0.5) is 5.69 Å². The van der Waals surface area contributed by atoms with Gasteiger partial charge in [0.15, 0.2) is 0 Å². The molecule has 5 heteroatoms. The highest BCUT2D eigenvalue weighted by molar-refractivity contribution is 5.99. The molecular weight excluding hydrogens is 316 g/mol. The maximum atomic E-state index is 12.5. The van der Waals surface area contributed by atoms with E-state index < -0.39 is 0 Å². The molecule has 2 aliphatic rings. The second kappa shape index (κ2) is 8.48. The van der Waals surface area contributed by atoms with E-state index in [1.165, 1.54) is 5.56 Å². The second-order valence-corrected chi connectivity index (χ2v) is 7.04. The number of piperidine rings is 1. The lowest BCUT2D eigenvalue weighted by atomic mass is 10.0. The van der Waals surface area contributed by atoms with Crippen LogP contribution in [0.15, 0.2) is 18.2 Å². The van der Waals surface area contributed by atoms with E-state index in [2.05, 4.69) is 18.3 Å². The maximum absolute atomic E-state index is 12.5. The van der Waals surface area contributed by atoms with Gasteiger partial charge in [-0.15, -0.1) is 0 Å². The number of fused-ring (bicyclic) bond motifs is 1. The summed E-state index contributed by atoms with van der Waals surface area (Å²) in [5.74, 6) is 0.301. The van der Waals surface area contributed by atoms with E-state index in [0.29, 0.717) is 12.8 Å². The number of aryl methyl sites for hydroxylation is 1. The molecule has 0 spiro atoms. The molecular formula is C20H28N2O3. The number of carbonyl (C=O) groups is 2. The maximum Gasteiger partial charge on any atom is 0.228 e. The number of likely N-dealkylation sites (tertiary alicyclic amines) is 1. The van der Waals surface area contributed by atoms with Gasteiger partial charge in [-0.3, -0.25) is 9.59 Å². The van der Waals surface area contributed by atoms with Crippen molar-refractivity contribution in [2.45, 2.75) is 58.0 Å². The molecule has 1 aromatic carbocycles. The highest BCUT2D eigenvalue weighted by atomic mass is 16.5. The minimum atomic E-state index is 0.0623. The number of hydrogen-bond donors (Lipinski definition) is 1. The van der Waals surface area contributed by atoms with Gasteiger partial charge in [0.1, 0.15) is 0 Å². The Kier molecular flexibility index (Phi) is 6.08. The number of hydrogen-bond acceptors (Lipinski definition) is 3. The van der Waals surface area contributed by atoms with Crippen LogP contribution in [0.3, 0.4) is 0 Å². The summed E-state index contributed by atoms with van der Waals surface area (Å²) in [6.45, 7) is 4.49. The lowest BCUT2D eigenvalue weighted by molar-refractivity contribution is -0.135. The molecule has 1 fully saturated rings. The molecule has 0 bridgehead atoms. The molecule has 0 aliphatic carbocycles. The van der Waals surface area contributed by atoms with Gasteiger partial charge in [-0.05, 0) is 49.3 Å². The molecule has 2 aliphatic heterocycles. The van der Waals surface area contributed by atoms with Crippen LogP contribution in [0.1, 0.15) is 50.2 Å². The molecule has 0 radical (unpaired) electrons. The van der Waals surface area contributed by atoms with E-state index in [-0.39, 0.29) is 17.9 Å². The fourth-order valence-corrected chi connectivity index (χ4v) is 3.63. The zero-order chi connectivity index (χ0) is 17.6. The van der Waals surface area contributed by atoms with E-state index in [1.54, 1.807) is 0 Å². The predicted molar refractivity (Wildman–Crippen MR) is 97.6 cm³/mol. The van der Waals surface area contributed by atoms with E-state index in [9.17, 15) is 9.59 Å². The minimum absolute atomic E-state index is 0.0623. The van der Waals surface area contributed by atoms with Crippen molar-refractivity contribution >= 4 is 17.5 Å². The summed E-state index contributed by atoms with van der Waals surface area (Å²) >= 11 is 0. The number of nitrogens with one attached hydrogen (secondary N) is 1. The number of amides is 2. The highest BCUT2D eigenvalue weighted by Gasteiger charge is 2.23. The van der Waals surface area contributed by atoms with Gasteiger partial charge in [-0.2, -0.15) is 0 Å². The van der Waals surface area contributed by atoms with Crippen molar-refractivity contribution < 1.29 is 14.3 Å². The van der Waals surface area contributed by atoms with Crippen LogP contribution in [-0.4, -0.2) is 42.5 Å². The first kappa shape index (κ1) is 17.9. The van der Waals surface area contributed by atoms with Crippen molar-refractivity contribution in [1.82, 2.24) is 4.90 Å². The first-order chi connectivity index (χ1) is 12.2. The van der Waals surface area contributed by atoms with Gasteiger partial charge in [-0.1, -0.05) is 19.1 Å². The monoisotopic (exact) mass is 344 g/mol. The van der Waals surface area contributed by atoms with E-state index in [4.69, 9.17) is 4.74 Å². The van der Waals surface area contributed by atoms with Crippen LogP contribution < -0.4 is 5.32 Å². The summed E-state index contributed by atoms with van der Waals surface area (Å²) in [6, 6.07) is 6.11. The molecule has 5 nitrogen and oxygen atoms in total.